The van der Waals surface area contributed by atoms with Gasteiger partial charge < -0.3 is 0 Å². The van der Waals surface area contributed by atoms with Crippen LogP contribution in [0.4, 0.5) is 5.69 Å². The number of nitro groups is 1. The number of non-ortho nitro benzene ring substituents is 1. The molecule has 1 radical (unpaired) electrons. The van der Waals surface area contributed by atoms with Gasteiger partial charge in [-0.3, -0.25) is 10.1 Å². The molecule has 0 saturated carbocycles. The Morgan fingerprint density at radius 2 is 2.00 bits per heavy atom. The summed E-state index contributed by atoms with van der Waals surface area (Å²) in [6, 6.07) is 6.44. The lowest BCUT2D eigenvalue weighted by Gasteiger charge is -1.95. The lowest BCUT2D eigenvalue weighted by atomic mass is 10.1. The summed E-state index contributed by atoms with van der Waals surface area (Å²) in [7, 11) is 0. The van der Waals surface area contributed by atoms with E-state index in [4.69, 9.17) is 0 Å². The van der Waals surface area contributed by atoms with Crippen molar-refractivity contribution in [2.75, 3.05) is 0 Å². The summed E-state index contributed by atoms with van der Waals surface area (Å²) in [6.07, 6.45) is 0.723. The quantitative estimate of drug-likeness (QED) is 0.442. The van der Waals surface area contributed by atoms with Crippen LogP contribution in [0.2, 0.25) is 0 Å². The van der Waals surface area contributed by atoms with E-state index in [1.54, 1.807) is 17.9 Å². The van der Waals surface area contributed by atoms with Gasteiger partial charge in [-0.15, -0.1) is 0 Å². The number of hydrogen-bond acceptors (Lipinski definition) is 3. The first-order valence-electron chi connectivity index (χ1n) is 3.43. The first kappa shape index (κ1) is 9.06. The van der Waals surface area contributed by atoms with E-state index < -0.39 is 4.92 Å². The van der Waals surface area contributed by atoms with Crippen LogP contribution >= 0.6 is 12.6 Å². The zero-order valence-electron chi connectivity index (χ0n) is 6.30. The van der Waals surface area contributed by atoms with Crippen molar-refractivity contribution in [2.45, 2.75) is 6.42 Å². The summed E-state index contributed by atoms with van der Waals surface area (Å²) in [6.45, 7) is 0. The zero-order chi connectivity index (χ0) is 8.97. The Bertz CT molecular complexity index is 271. The normalized spacial score (nSPS) is 9.75. The summed E-state index contributed by atoms with van der Waals surface area (Å²) in [5.74, 6) is 1.71. The van der Waals surface area contributed by atoms with Crippen LogP contribution in [-0.4, -0.2) is 4.92 Å². The SMILES string of the molecule is O=[N+]([O-])c1ccc(C[CH]S)cc1. The molecule has 3 nitrogen and oxygen atoms in total. The number of benzene rings is 1. The highest BCUT2D eigenvalue weighted by Crippen LogP contribution is 2.12. The zero-order valence-corrected chi connectivity index (χ0v) is 7.20. The Hall–Kier alpha value is -1.03. The lowest BCUT2D eigenvalue weighted by Crippen LogP contribution is -1.88. The average Bonchev–Trinajstić information content (AvgIpc) is 2.06. The van der Waals surface area contributed by atoms with E-state index in [0.717, 1.165) is 12.0 Å². The van der Waals surface area contributed by atoms with E-state index in [1.165, 1.54) is 12.1 Å². The first-order valence-corrected chi connectivity index (χ1v) is 3.95. The Labute approximate surface area is 76.0 Å². The molecule has 1 aromatic carbocycles. The van der Waals surface area contributed by atoms with Crippen molar-refractivity contribution in [1.29, 1.82) is 0 Å². The third kappa shape index (κ3) is 2.23. The van der Waals surface area contributed by atoms with Gasteiger partial charge in [-0.25, -0.2) is 0 Å². The molecule has 0 amide bonds. The topological polar surface area (TPSA) is 43.1 Å². The largest absolute Gasteiger partial charge is 0.269 e. The minimum absolute atomic E-state index is 0.123. The summed E-state index contributed by atoms with van der Waals surface area (Å²) < 4.78 is 0. The molecule has 1 aromatic rings. The smallest absolute Gasteiger partial charge is 0.258 e. The van der Waals surface area contributed by atoms with Crippen LogP contribution in [0.5, 0.6) is 0 Å². The number of nitro benzene ring substituents is 1. The molecule has 0 aromatic heterocycles. The Morgan fingerprint density at radius 1 is 1.42 bits per heavy atom. The Morgan fingerprint density at radius 3 is 2.42 bits per heavy atom. The van der Waals surface area contributed by atoms with E-state index in [9.17, 15) is 10.1 Å². The molecule has 0 bridgehead atoms. The van der Waals surface area contributed by atoms with Crippen molar-refractivity contribution in [3.8, 4) is 0 Å². The van der Waals surface area contributed by atoms with Gasteiger partial charge in [-0.1, -0.05) is 12.1 Å². The molecule has 63 valence electrons. The van der Waals surface area contributed by atoms with Gasteiger partial charge in [-0.2, -0.15) is 12.6 Å². The van der Waals surface area contributed by atoms with Crippen LogP contribution in [0.25, 0.3) is 0 Å². The van der Waals surface area contributed by atoms with Gasteiger partial charge in [0, 0.05) is 17.9 Å². The molecule has 12 heavy (non-hydrogen) atoms. The number of hydrogen-bond donors (Lipinski definition) is 1. The van der Waals surface area contributed by atoms with Crippen LogP contribution in [-0.2, 0) is 6.42 Å². The lowest BCUT2D eigenvalue weighted by molar-refractivity contribution is -0.384. The maximum Gasteiger partial charge on any atom is 0.269 e. The Balaban J connectivity index is 2.78. The van der Waals surface area contributed by atoms with Gasteiger partial charge in [0.05, 0.1) is 4.92 Å². The monoisotopic (exact) mass is 182 g/mol. The fourth-order valence-electron chi connectivity index (χ4n) is 0.859. The van der Waals surface area contributed by atoms with Gasteiger partial charge in [0.2, 0.25) is 0 Å². The first-order chi connectivity index (χ1) is 5.74. The van der Waals surface area contributed by atoms with Gasteiger partial charge in [0.1, 0.15) is 0 Å². The molecule has 0 spiro atoms. The maximum absolute atomic E-state index is 10.3. The van der Waals surface area contributed by atoms with Gasteiger partial charge in [-0.05, 0) is 12.0 Å². The van der Waals surface area contributed by atoms with Gasteiger partial charge in [0.25, 0.3) is 5.69 Å². The summed E-state index contributed by atoms with van der Waals surface area (Å²) in [5, 5.41) is 10.3. The number of rotatable bonds is 3. The predicted molar refractivity (Wildman–Crippen MR) is 50.1 cm³/mol. The van der Waals surface area contributed by atoms with Crippen molar-refractivity contribution in [1.82, 2.24) is 0 Å². The number of thiol groups is 1. The van der Waals surface area contributed by atoms with E-state index >= 15 is 0 Å². The molecule has 0 heterocycles. The second kappa shape index (κ2) is 4.11. The standard InChI is InChI=1S/C8H8NO2S/c10-9(11)8-3-1-7(2-4-8)5-6-12/h1-4,6,12H,5H2. The average molecular weight is 182 g/mol. The highest BCUT2D eigenvalue weighted by Gasteiger charge is 2.02. The highest BCUT2D eigenvalue weighted by molar-refractivity contribution is 7.82. The van der Waals surface area contributed by atoms with E-state index in [-0.39, 0.29) is 5.69 Å². The molecule has 0 fully saturated rings. The summed E-state index contributed by atoms with van der Waals surface area (Å²) in [5.41, 5.74) is 1.15. The molecule has 1 rings (SSSR count). The molecule has 0 N–H and O–H groups in total. The van der Waals surface area contributed by atoms with Crippen LogP contribution in [0.15, 0.2) is 24.3 Å². The molecular weight excluding hydrogens is 174 g/mol. The highest BCUT2D eigenvalue weighted by atomic mass is 32.1. The van der Waals surface area contributed by atoms with Gasteiger partial charge in [0.15, 0.2) is 0 Å². The van der Waals surface area contributed by atoms with Crippen LogP contribution in [0, 0.1) is 15.9 Å². The van der Waals surface area contributed by atoms with Crippen LogP contribution in [0.3, 0.4) is 0 Å². The minimum atomic E-state index is -0.409. The summed E-state index contributed by atoms with van der Waals surface area (Å²) in [4.78, 5) is 9.84. The van der Waals surface area contributed by atoms with Crippen LogP contribution < -0.4 is 0 Å². The second-order valence-corrected chi connectivity index (χ2v) is 2.68. The van der Waals surface area contributed by atoms with Crippen molar-refractivity contribution in [2.24, 2.45) is 0 Å². The third-order valence-electron chi connectivity index (χ3n) is 1.47. The van der Waals surface area contributed by atoms with Crippen molar-refractivity contribution in [3.63, 3.8) is 0 Å². The van der Waals surface area contributed by atoms with E-state index in [2.05, 4.69) is 12.6 Å². The van der Waals surface area contributed by atoms with Crippen molar-refractivity contribution in [3.05, 3.63) is 45.7 Å². The molecule has 0 aliphatic heterocycles. The molecule has 0 atom stereocenters. The fourth-order valence-corrected chi connectivity index (χ4v) is 1.07. The second-order valence-electron chi connectivity index (χ2n) is 2.31. The third-order valence-corrected chi connectivity index (χ3v) is 1.66. The molecule has 0 saturated heterocycles. The number of nitrogens with zero attached hydrogens (tertiary/aromatic N) is 1. The van der Waals surface area contributed by atoms with Gasteiger partial charge >= 0.3 is 0 Å². The van der Waals surface area contributed by atoms with E-state index in [0.29, 0.717) is 0 Å². The predicted octanol–water partition coefficient (Wildman–Crippen LogP) is 2.23. The molecule has 0 aliphatic rings. The molecule has 0 aliphatic carbocycles. The van der Waals surface area contributed by atoms with E-state index in [1.807, 2.05) is 0 Å². The minimum Gasteiger partial charge on any atom is -0.258 e. The molecular formula is C8H8NO2S. The Kier molecular flexibility index (Phi) is 3.10. The van der Waals surface area contributed by atoms with Crippen LogP contribution in [0.1, 0.15) is 5.56 Å². The maximum atomic E-state index is 10.3. The molecule has 4 heteroatoms. The summed E-state index contributed by atoms with van der Waals surface area (Å²) >= 11 is 3.94. The fraction of sp³-hybridized carbons (Fsp3) is 0.125. The van der Waals surface area contributed by atoms with Crippen molar-refractivity contribution >= 4 is 18.3 Å². The van der Waals surface area contributed by atoms with Crippen molar-refractivity contribution < 1.29 is 4.92 Å². The molecule has 0 unspecified atom stereocenters.